The number of anilines is 1. The lowest BCUT2D eigenvalue weighted by Crippen LogP contribution is -2.13. The number of alkyl halides is 2. The van der Waals surface area contributed by atoms with Crippen LogP contribution in [0.2, 0.25) is 0 Å². The monoisotopic (exact) mass is 282 g/mol. The molecule has 0 aromatic carbocycles. The smallest absolute Gasteiger partial charge is 0.216 e. The van der Waals surface area contributed by atoms with Crippen molar-refractivity contribution in [1.29, 1.82) is 0 Å². The highest BCUT2D eigenvalue weighted by Gasteiger charge is 2.19. The molecule has 0 saturated carbocycles. The van der Waals surface area contributed by atoms with Crippen molar-refractivity contribution in [3.63, 3.8) is 0 Å². The lowest BCUT2D eigenvalue weighted by molar-refractivity contribution is 0.100. The second-order valence-electron chi connectivity index (χ2n) is 2.22. The molecule has 0 aliphatic carbocycles. The van der Waals surface area contributed by atoms with Crippen LogP contribution in [-0.4, -0.2) is 15.6 Å². The van der Waals surface area contributed by atoms with Gasteiger partial charge in [-0.15, -0.1) is 0 Å². The predicted octanol–water partition coefficient (Wildman–Crippen LogP) is 2.41. The summed E-state index contributed by atoms with van der Waals surface area (Å²) in [5, 5.41) is 0. The highest BCUT2D eigenvalue weighted by Crippen LogP contribution is 2.23. The van der Waals surface area contributed by atoms with Gasteiger partial charge in [-0.25, -0.2) is 0 Å². The Morgan fingerprint density at radius 2 is 2.23 bits per heavy atom. The number of carbonyl (C=O) groups is 1. The van der Waals surface area contributed by atoms with E-state index in [0.717, 1.165) is 0 Å². The van der Waals surface area contributed by atoms with Crippen molar-refractivity contribution in [2.45, 2.75) is 4.84 Å². The number of pyridine rings is 1. The molecule has 0 aliphatic heterocycles. The number of nitrogen functional groups attached to an aromatic ring is 1. The molecule has 0 saturated heterocycles. The van der Waals surface area contributed by atoms with Crippen LogP contribution in [0.15, 0.2) is 16.7 Å². The van der Waals surface area contributed by atoms with Crippen LogP contribution in [0.5, 0.6) is 0 Å². The molecule has 1 rings (SSSR count). The van der Waals surface area contributed by atoms with Crippen molar-refractivity contribution in [1.82, 2.24) is 4.98 Å². The number of carbonyl (C=O) groups excluding carboxylic acids is 1. The molecule has 0 radical (unpaired) electrons. The van der Waals surface area contributed by atoms with Gasteiger partial charge < -0.3 is 5.73 Å². The van der Waals surface area contributed by atoms with Gasteiger partial charge in [0.05, 0.1) is 5.69 Å². The first-order valence-corrected chi connectivity index (χ1v) is 4.93. The van der Waals surface area contributed by atoms with E-state index in [1.807, 2.05) is 0 Å². The molecule has 1 aromatic heterocycles. The van der Waals surface area contributed by atoms with Gasteiger partial charge in [0.25, 0.3) is 0 Å². The van der Waals surface area contributed by atoms with Gasteiger partial charge in [-0.3, -0.25) is 9.78 Å². The number of halogens is 3. The minimum atomic E-state index is -1.14. The van der Waals surface area contributed by atoms with E-state index in [2.05, 4.69) is 20.9 Å². The first-order chi connectivity index (χ1) is 6.04. The summed E-state index contributed by atoms with van der Waals surface area (Å²) in [5.74, 6) is -0.498. The van der Waals surface area contributed by atoms with Crippen LogP contribution in [0, 0.1) is 0 Å². The fraction of sp³-hybridized carbons (Fsp3) is 0.143. The quantitative estimate of drug-likeness (QED) is 0.670. The fourth-order valence-electron chi connectivity index (χ4n) is 0.749. The van der Waals surface area contributed by atoms with Gasteiger partial charge in [-0.1, -0.05) is 23.2 Å². The van der Waals surface area contributed by atoms with Crippen molar-refractivity contribution < 1.29 is 4.79 Å². The summed E-state index contributed by atoms with van der Waals surface area (Å²) in [6, 6.07) is 1.63. The van der Waals surface area contributed by atoms with Crippen LogP contribution < -0.4 is 5.73 Å². The number of aromatic nitrogens is 1. The number of Topliss-reactive ketones (excluding diaryl/α,β-unsaturated/α-hetero) is 1. The number of hydrogen-bond donors (Lipinski definition) is 1. The summed E-state index contributed by atoms with van der Waals surface area (Å²) >= 11 is 13.9. The molecule has 0 bridgehead atoms. The molecule has 6 heteroatoms. The topological polar surface area (TPSA) is 56.0 Å². The molecule has 2 N–H and O–H groups in total. The fourth-order valence-corrected chi connectivity index (χ4v) is 1.26. The molecule has 1 heterocycles. The Balaban J connectivity index is 3.15. The van der Waals surface area contributed by atoms with Gasteiger partial charge in [0, 0.05) is 10.7 Å². The van der Waals surface area contributed by atoms with E-state index < -0.39 is 10.6 Å². The summed E-state index contributed by atoms with van der Waals surface area (Å²) in [7, 11) is 0. The minimum Gasteiger partial charge on any atom is -0.396 e. The summed E-state index contributed by atoms with van der Waals surface area (Å²) in [6.45, 7) is 0. The van der Waals surface area contributed by atoms with Gasteiger partial charge in [0.2, 0.25) is 5.78 Å². The maximum absolute atomic E-state index is 11.3. The molecule has 3 nitrogen and oxygen atoms in total. The summed E-state index contributed by atoms with van der Waals surface area (Å²) in [4.78, 5) is 13.9. The molecule has 1 aromatic rings. The second-order valence-corrected chi connectivity index (χ2v) is 4.17. The first kappa shape index (κ1) is 10.8. The van der Waals surface area contributed by atoms with Crippen molar-refractivity contribution >= 4 is 50.6 Å². The van der Waals surface area contributed by atoms with E-state index in [-0.39, 0.29) is 11.4 Å². The highest BCUT2D eigenvalue weighted by molar-refractivity contribution is 9.10. The van der Waals surface area contributed by atoms with Gasteiger partial charge >= 0.3 is 0 Å². The molecule has 70 valence electrons. The molecule has 0 atom stereocenters. The van der Waals surface area contributed by atoms with Crippen molar-refractivity contribution in [3.8, 4) is 0 Å². The van der Waals surface area contributed by atoms with Crippen molar-refractivity contribution in [2.24, 2.45) is 0 Å². The standard InChI is InChI=1S/C7H5BrCl2N2O/c8-3-1-2-12-5(4(3)11)6(13)7(9)10/h1-2,7H,11H2. The number of nitrogens with zero attached hydrogens (tertiary/aromatic N) is 1. The van der Waals surface area contributed by atoms with Crippen LogP contribution in [0.25, 0.3) is 0 Å². The number of ketones is 1. The number of nitrogens with two attached hydrogens (primary N) is 1. The van der Waals surface area contributed by atoms with E-state index >= 15 is 0 Å². The second kappa shape index (κ2) is 4.26. The van der Waals surface area contributed by atoms with Crippen LogP contribution in [0.4, 0.5) is 5.69 Å². The Morgan fingerprint density at radius 3 is 2.77 bits per heavy atom. The minimum absolute atomic E-state index is 0.0874. The Kier molecular flexibility index (Phi) is 3.53. The zero-order valence-electron chi connectivity index (χ0n) is 6.30. The Labute approximate surface area is 93.4 Å². The van der Waals surface area contributed by atoms with Crippen LogP contribution in [0.1, 0.15) is 10.5 Å². The van der Waals surface area contributed by atoms with Crippen molar-refractivity contribution in [2.75, 3.05) is 5.73 Å². The average molecular weight is 284 g/mol. The third-order valence-corrected chi connectivity index (χ3v) is 2.46. The number of hydrogen-bond acceptors (Lipinski definition) is 3. The van der Waals surface area contributed by atoms with Crippen LogP contribution in [-0.2, 0) is 0 Å². The van der Waals surface area contributed by atoms with Crippen molar-refractivity contribution in [3.05, 3.63) is 22.4 Å². The summed E-state index contributed by atoms with van der Waals surface area (Å²) in [6.07, 6.45) is 1.45. The summed E-state index contributed by atoms with van der Waals surface area (Å²) < 4.78 is 0.597. The molecule has 0 fully saturated rings. The van der Waals surface area contributed by atoms with Gasteiger partial charge in [-0.05, 0) is 22.0 Å². The lowest BCUT2D eigenvalue weighted by Gasteiger charge is -2.04. The number of rotatable bonds is 2. The van der Waals surface area contributed by atoms with E-state index in [0.29, 0.717) is 4.47 Å². The predicted molar refractivity (Wildman–Crippen MR) is 56.2 cm³/mol. The maximum atomic E-state index is 11.3. The first-order valence-electron chi connectivity index (χ1n) is 3.26. The van der Waals surface area contributed by atoms with E-state index in [4.69, 9.17) is 28.9 Å². The third kappa shape index (κ3) is 2.33. The van der Waals surface area contributed by atoms with Crippen LogP contribution in [0.3, 0.4) is 0 Å². The van der Waals surface area contributed by atoms with E-state index in [1.54, 1.807) is 6.07 Å². The molecular weight excluding hydrogens is 279 g/mol. The normalized spacial score (nSPS) is 10.5. The zero-order valence-corrected chi connectivity index (χ0v) is 9.40. The van der Waals surface area contributed by atoms with Crippen LogP contribution >= 0.6 is 39.1 Å². The van der Waals surface area contributed by atoms with Gasteiger partial charge in [0.1, 0.15) is 5.69 Å². The Morgan fingerprint density at radius 1 is 1.62 bits per heavy atom. The highest BCUT2D eigenvalue weighted by atomic mass is 79.9. The molecule has 0 unspecified atom stereocenters. The maximum Gasteiger partial charge on any atom is 0.216 e. The summed E-state index contributed by atoms with van der Waals surface area (Å²) in [5.41, 5.74) is 5.91. The van der Waals surface area contributed by atoms with E-state index in [9.17, 15) is 4.79 Å². The Hall–Kier alpha value is -0.320. The lowest BCUT2D eigenvalue weighted by atomic mass is 10.2. The molecule has 0 amide bonds. The SMILES string of the molecule is Nc1c(Br)ccnc1C(=O)C(Cl)Cl. The third-order valence-electron chi connectivity index (χ3n) is 1.37. The molecule has 0 spiro atoms. The zero-order chi connectivity index (χ0) is 10.0. The average Bonchev–Trinajstić information content (AvgIpc) is 2.08. The Bertz CT molecular complexity index is 343. The van der Waals surface area contributed by atoms with Gasteiger partial charge in [0.15, 0.2) is 4.84 Å². The molecule has 0 aliphatic rings. The molecular formula is C7H5BrCl2N2O. The molecule has 13 heavy (non-hydrogen) atoms. The largest absolute Gasteiger partial charge is 0.396 e. The van der Waals surface area contributed by atoms with Gasteiger partial charge in [-0.2, -0.15) is 0 Å². The van der Waals surface area contributed by atoms with E-state index in [1.165, 1.54) is 6.20 Å².